The van der Waals surface area contributed by atoms with Gasteiger partial charge in [0, 0.05) is 27.2 Å². The first-order valence-corrected chi connectivity index (χ1v) is 9.97. The van der Waals surface area contributed by atoms with Crippen LogP contribution in [0, 0.1) is 0 Å². The van der Waals surface area contributed by atoms with Crippen LogP contribution >= 0.6 is 34.5 Å². The van der Waals surface area contributed by atoms with Crippen molar-refractivity contribution in [1.29, 1.82) is 0 Å². The molecule has 0 aliphatic carbocycles. The van der Waals surface area contributed by atoms with Gasteiger partial charge in [-0.1, -0.05) is 28.4 Å². The monoisotopic (exact) mass is 474 g/mol. The van der Waals surface area contributed by atoms with E-state index in [1.165, 1.54) is 19.4 Å². The van der Waals surface area contributed by atoms with Gasteiger partial charge in [-0.05, 0) is 30.3 Å². The molecule has 4 rings (SSSR count). The maximum Gasteiger partial charge on any atom is 0.435 e. The van der Waals surface area contributed by atoms with Crippen LogP contribution in [0.5, 0.6) is 0 Å². The number of benzene rings is 1. The molecule has 1 aromatic carbocycles. The number of oxime groups is 1. The summed E-state index contributed by atoms with van der Waals surface area (Å²) in [5.74, 6) is -0.562. The number of pyridine rings is 1. The molecule has 0 bridgehead atoms. The van der Waals surface area contributed by atoms with Crippen molar-refractivity contribution in [2.45, 2.75) is 18.2 Å². The van der Waals surface area contributed by atoms with Gasteiger partial charge >= 0.3 is 12.1 Å². The van der Waals surface area contributed by atoms with Crippen LogP contribution in [0.4, 0.5) is 13.2 Å². The van der Waals surface area contributed by atoms with Crippen LogP contribution in [0.2, 0.25) is 10.0 Å². The number of halogens is 5. The van der Waals surface area contributed by atoms with Crippen molar-refractivity contribution in [2.75, 3.05) is 7.11 Å². The maximum atomic E-state index is 14.1. The van der Waals surface area contributed by atoms with E-state index in [1.54, 1.807) is 12.1 Å². The Morgan fingerprint density at radius 3 is 2.53 bits per heavy atom. The van der Waals surface area contributed by atoms with Crippen molar-refractivity contribution in [1.82, 2.24) is 4.98 Å². The summed E-state index contributed by atoms with van der Waals surface area (Å²) in [6.07, 6.45) is -4.00. The molecule has 1 aliphatic rings. The number of carbonyl (C=O) groups excluding carboxylic acids is 1. The van der Waals surface area contributed by atoms with Gasteiger partial charge in [0.1, 0.15) is 10.5 Å². The van der Waals surface area contributed by atoms with E-state index in [-0.39, 0.29) is 26.9 Å². The Kier molecular flexibility index (Phi) is 5.16. The molecule has 1 unspecified atom stereocenters. The van der Waals surface area contributed by atoms with Gasteiger partial charge < -0.3 is 9.57 Å². The van der Waals surface area contributed by atoms with Gasteiger partial charge in [-0.3, -0.25) is 0 Å². The number of hydrogen-bond donors (Lipinski definition) is 0. The molecule has 156 valence electrons. The van der Waals surface area contributed by atoms with Crippen LogP contribution in [-0.4, -0.2) is 30.0 Å². The number of nitrogens with zero attached hydrogens (tertiary/aromatic N) is 2. The lowest BCUT2D eigenvalue weighted by Gasteiger charge is -2.29. The molecule has 1 aliphatic heterocycles. The summed E-state index contributed by atoms with van der Waals surface area (Å²) in [5, 5.41) is 4.42. The number of methoxy groups -OCH3 is 1. The second-order valence-electron chi connectivity index (χ2n) is 6.51. The highest BCUT2D eigenvalue weighted by Gasteiger charge is 2.62. The minimum absolute atomic E-state index is 0.0552. The predicted octanol–water partition coefficient (Wildman–Crippen LogP) is 5.97. The summed E-state index contributed by atoms with van der Waals surface area (Å²) in [5.41, 5.74) is -2.61. The molecule has 1 atom stereocenters. The summed E-state index contributed by atoms with van der Waals surface area (Å²) in [4.78, 5) is 21.8. The SMILES string of the molecule is COC(=O)c1cnc2sc(C3=NOC(c4cc(Cl)cc(Cl)c4)(C(F)(F)F)C3)cc2c1. The Bertz CT molecular complexity index is 1180. The molecule has 30 heavy (non-hydrogen) atoms. The number of rotatable bonds is 3. The zero-order chi connectivity index (χ0) is 21.7. The Labute approximate surface area is 182 Å². The van der Waals surface area contributed by atoms with E-state index in [0.717, 1.165) is 23.5 Å². The third-order valence-corrected chi connectivity index (χ3v) is 6.14. The topological polar surface area (TPSA) is 60.8 Å². The van der Waals surface area contributed by atoms with Gasteiger partial charge in [-0.15, -0.1) is 11.3 Å². The van der Waals surface area contributed by atoms with Crippen LogP contribution in [0.3, 0.4) is 0 Å². The first-order chi connectivity index (χ1) is 14.1. The lowest BCUT2D eigenvalue weighted by Crippen LogP contribution is -2.42. The molecule has 0 saturated heterocycles. The van der Waals surface area contributed by atoms with Crippen molar-refractivity contribution < 1.29 is 27.5 Å². The average molecular weight is 475 g/mol. The smallest absolute Gasteiger partial charge is 0.435 e. The fraction of sp³-hybridized carbons (Fsp3) is 0.211. The molecule has 0 spiro atoms. The zero-order valence-corrected chi connectivity index (χ0v) is 17.4. The summed E-state index contributed by atoms with van der Waals surface area (Å²) in [6.45, 7) is 0. The Morgan fingerprint density at radius 2 is 1.90 bits per heavy atom. The molecule has 5 nitrogen and oxygen atoms in total. The van der Waals surface area contributed by atoms with E-state index in [2.05, 4.69) is 14.9 Å². The molecule has 3 heterocycles. The molecule has 0 fully saturated rings. The largest absolute Gasteiger partial charge is 0.465 e. The highest BCUT2D eigenvalue weighted by molar-refractivity contribution is 7.20. The van der Waals surface area contributed by atoms with Crippen LogP contribution in [0.25, 0.3) is 10.2 Å². The van der Waals surface area contributed by atoms with Gasteiger partial charge in [0.05, 0.1) is 24.0 Å². The highest BCUT2D eigenvalue weighted by Crippen LogP contribution is 2.50. The third kappa shape index (κ3) is 3.51. The van der Waals surface area contributed by atoms with Gasteiger partial charge in [0.2, 0.25) is 0 Å². The second kappa shape index (κ2) is 7.40. The molecular weight excluding hydrogens is 464 g/mol. The number of carbonyl (C=O) groups is 1. The van der Waals surface area contributed by atoms with E-state index < -0.39 is 24.2 Å². The normalized spacial score (nSPS) is 18.9. The van der Waals surface area contributed by atoms with Crippen LogP contribution in [-0.2, 0) is 15.2 Å². The molecule has 0 radical (unpaired) electrons. The van der Waals surface area contributed by atoms with Gasteiger partial charge in [-0.2, -0.15) is 13.2 Å². The summed E-state index contributed by atoms with van der Waals surface area (Å²) >= 11 is 13.0. The van der Waals surface area contributed by atoms with Crippen LogP contribution < -0.4 is 0 Å². The first-order valence-electron chi connectivity index (χ1n) is 8.39. The van der Waals surface area contributed by atoms with E-state index in [9.17, 15) is 18.0 Å². The summed E-state index contributed by atoms with van der Waals surface area (Å²) in [6, 6.07) is 6.82. The van der Waals surface area contributed by atoms with Crippen LogP contribution in [0.1, 0.15) is 27.2 Å². The summed E-state index contributed by atoms with van der Waals surface area (Å²) in [7, 11) is 1.25. The Balaban J connectivity index is 1.73. The van der Waals surface area contributed by atoms with Gasteiger partial charge in [0.15, 0.2) is 0 Å². The number of hydrogen-bond acceptors (Lipinski definition) is 6. The van der Waals surface area contributed by atoms with Crippen LogP contribution in [0.15, 0.2) is 41.7 Å². The number of fused-ring (bicyclic) bond motifs is 1. The van der Waals surface area contributed by atoms with Crippen molar-refractivity contribution in [3.63, 3.8) is 0 Å². The zero-order valence-electron chi connectivity index (χ0n) is 15.1. The van der Waals surface area contributed by atoms with E-state index in [0.29, 0.717) is 15.1 Å². The van der Waals surface area contributed by atoms with Crippen molar-refractivity contribution in [3.8, 4) is 0 Å². The van der Waals surface area contributed by atoms with Gasteiger partial charge in [-0.25, -0.2) is 9.78 Å². The second-order valence-corrected chi connectivity index (χ2v) is 8.41. The van der Waals surface area contributed by atoms with E-state index in [1.807, 2.05) is 0 Å². The van der Waals surface area contributed by atoms with Crippen molar-refractivity contribution in [2.24, 2.45) is 5.16 Å². The first kappa shape index (κ1) is 20.9. The fourth-order valence-electron chi connectivity index (χ4n) is 3.13. The number of alkyl halides is 3. The average Bonchev–Trinajstić information content (AvgIpc) is 3.30. The standard InChI is InChI=1S/C19H11Cl2F3N2O3S/c1-28-17(27)10-2-9-3-15(30-16(9)25-8-10)14-7-18(29-26-14,19(22,23)24)11-4-12(20)6-13(21)5-11/h2-6,8H,7H2,1H3. The minimum Gasteiger partial charge on any atom is -0.465 e. The molecule has 3 aromatic rings. The molecular formula is C19H11Cl2F3N2O3S. The van der Waals surface area contributed by atoms with E-state index in [4.69, 9.17) is 28.0 Å². The summed E-state index contributed by atoms with van der Waals surface area (Å²) < 4.78 is 46.9. The predicted molar refractivity (Wildman–Crippen MR) is 107 cm³/mol. The quantitative estimate of drug-likeness (QED) is 0.438. The maximum absolute atomic E-state index is 14.1. The molecule has 0 N–H and O–H groups in total. The lowest BCUT2D eigenvalue weighted by atomic mass is 9.88. The fourth-order valence-corrected chi connectivity index (χ4v) is 4.62. The molecule has 0 amide bonds. The highest BCUT2D eigenvalue weighted by atomic mass is 35.5. The molecule has 11 heteroatoms. The number of aromatic nitrogens is 1. The Hall–Kier alpha value is -2.36. The molecule has 0 saturated carbocycles. The Morgan fingerprint density at radius 1 is 1.20 bits per heavy atom. The van der Waals surface area contributed by atoms with Gasteiger partial charge in [0.25, 0.3) is 5.60 Å². The van der Waals surface area contributed by atoms with E-state index >= 15 is 0 Å². The minimum atomic E-state index is -4.78. The lowest BCUT2D eigenvalue weighted by molar-refractivity contribution is -0.275. The number of thiophene rings is 1. The van der Waals surface area contributed by atoms with Crippen molar-refractivity contribution in [3.05, 3.63) is 62.6 Å². The number of ether oxygens (including phenoxy) is 1. The number of esters is 1. The van der Waals surface area contributed by atoms with Crippen molar-refractivity contribution >= 4 is 56.4 Å². The third-order valence-electron chi connectivity index (χ3n) is 4.59. The molecule has 2 aromatic heterocycles.